The van der Waals surface area contributed by atoms with Gasteiger partial charge in [-0.3, -0.25) is 0 Å². The van der Waals surface area contributed by atoms with Crippen molar-refractivity contribution < 1.29 is 4.52 Å². The summed E-state index contributed by atoms with van der Waals surface area (Å²) in [6.45, 7) is 1.92. The van der Waals surface area contributed by atoms with Gasteiger partial charge in [-0.1, -0.05) is 5.16 Å². The minimum absolute atomic E-state index is 0.0658. The molecular formula is C8H12N2O. The van der Waals surface area contributed by atoms with Gasteiger partial charge in [-0.15, -0.1) is 0 Å². The zero-order valence-corrected chi connectivity index (χ0v) is 6.63. The summed E-state index contributed by atoms with van der Waals surface area (Å²) in [5, 5.41) is 3.70. The number of aryl methyl sites for hydroxylation is 1. The largest absolute Gasteiger partial charge is 0.361 e. The molecule has 1 saturated carbocycles. The van der Waals surface area contributed by atoms with E-state index in [1.807, 2.05) is 6.92 Å². The van der Waals surface area contributed by atoms with Gasteiger partial charge in [-0.2, -0.15) is 0 Å². The summed E-state index contributed by atoms with van der Waals surface area (Å²) in [5.74, 6) is 0.904. The van der Waals surface area contributed by atoms with Crippen LogP contribution < -0.4 is 5.73 Å². The molecule has 1 heterocycles. The Morgan fingerprint density at radius 2 is 2.45 bits per heavy atom. The van der Waals surface area contributed by atoms with Crippen LogP contribution in [0.5, 0.6) is 0 Å². The van der Waals surface area contributed by atoms with Crippen molar-refractivity contribution in [2.24, 2.45) is 5.73 Å². The molecule has 0 aromatic carbocycles. The summed E-state index contributed by atoms with van der Waals surface area (Å²) >= 11 is 0. The fourth-order valence-corrected chi connectivity index (χ4v) is 1.21. The number of aromatic nitrogens is 1. The van der Waals surface area contributed by atoms with Crippen LogP contribution >= 0.6 is 0 Å². The summed E-state index contributed by atoms with van der Waals surface area (Å²) in [5.41, 5.74) is 7.16. The molecule has 0 aliphatic heterocycles. The standard InChI is InChI=1S/C8H12N2O/c1-6-7(5-10-11-6)4-8(9)2-3-8/h5H,2-4,9H2,1H3. The van der Waals surface area contributed by atoms with Gasteiger partial charge in [0.25, 0.3) is 0 Å². The molecule has 1 fully saturated rings. The molecule has 11 heavy (non-hydrogen) atoms. The van der Waals surface area contributed by atoms with Crippen LogP contribution in [0.2, 0.25) is 0 Å². The zero-order chi connectivity index (χ0) is 7.90. The van der Waals surface area contributed by atoms with Crippen molar-refractivity contribution in [3.05, 3.63) is 17.5 Å². The lowest BCUT2D eigenvalue weighted by Crippen LogP contribution is -2.24. The van der Waals surface area contributed by atoms with Crippen LogP contribution in [0.15, 0.2) is 10.7 Å². The second-order valence-electron chi connectivity index (χ2n) is 3.45. The van der Waals surface area contributed by atoms with E-state index in [1.54, 1.807) is 6.20 Å². The molecule has 1 aromatic heterocycles. The summed E-state index contributed by atoms with van der Waals surface area (Å²) in [7, 11) is 0. The van der Waals surface area contributed by atoms with E-state index in [0.29, 0.717) is 0 Å². The van der Waals surface area contributed by atoms with Crippen molar-refractivity contribution in [3.8, 4) is 0 Å². The molecule has 3 heteroatoms. The lowest BCUT2D eigenvalue weighted by Gasteiger charge is -2.04. The summed E-state index contributed by atoms with van der Waals surface area (Å²) < 4.78 is 4.93. The predicted molar refractivity (Wildman–Crippen MR) is 41.1 cm³/mol. The van der Waals surface area contributed by atoms with Crippen LogP contribution in [0.4, 0.5) is 0 Å². The van der Waals surface area contributed by atoms with Crippen LogP contribution in [-0.4, -0.2) is 10.7 Å². The quantitative estimate of drug-likeness (QED) is 0.688. The zero-order valence-electron chi connectivity index (χ0n) is 6.63. The first kappa shape index (κ1) is 6.85. The highest BCUT2D eigenvalue weighted by Gasteiger charge is 2.38. The molecular weight excluding hydrogens is 140 g/mol. The van der Waals surface area contributed by atoms with Gasteiger partial charge in [0.05, 0.1) is 6.20 Å². The van der Waals surface area contributed by atoms with E-state index in [9.17, 15) is 0 Å². The number of nitrogens with two attached hydrogens (primary N) is 1. The second-order valence-corrected chi connectivity index (χ2v) is 3.45. The maximum absolute atomic E-state index is 5.94. The topological polar surface area (TPSA) is 52.0 Å². The first-order valence-electron chi connectivity index (χ1n) is 3.89. The molecule has 0 atom stereocenters. The minimum atomic E-state index is 0.0658. The summed E-state index contributed by atoms with van der Waals surface area (Å²) in [6, 6.07) is 0. The molecule has 1 aromatic rings. The van der Waals surface area contributed by atoms with E-state index >= 15 is 0 Å². The average Bonchev–Trinajstić information content (AvgIpc) is 2.54. The Balaban J connectivity index is 2.12. The van der Waals surface area contributed by atoms with E-state index in [-0.39, 0.29) is 5.54 Å². The Bertz CT molecular complexity index is 263. The van der Waals surface area contributed by atoms with E-state index in [0.717, 1.165) is 30.6 Å². The second kappa shape index (κ2) is 2.08. The molecule has 0 spiro atoms. The molecule has 3 nitrogen and oxygen atoms in total. The van der Waals surface area contributed by atoms with Crippen molar-refractivity contribution in [2.75, 3.05) is 0 Å². The van der Waals surface area contributed by atoms with Crippen LogP contribution in [0.1, 0.15) is 24.2 Å². The van der Waals surface area contributed by atoms with Gasteiger partial charge in [0.15, 0.2) is 0 Å². The minimum Gasteiger partial charge on any atom is -0.361 e. The van der Waals surface area contributed by atoms with Crippen molar-refractivity contribution in [3.63, 3.8) is 0 Å². The molecule has 2 N–H and O–H groups in total. The fourth-order valence-electron chi connectivity index (χ4n) is 1.21. The van der Waals surface area contributed by atoms with E-state index in [1.165, 1.54) is 0 Å². The predicted octanol–water partition coefficient (Wildman–Crippen LogP) is 1.02. The average molecular weight is 152 g/mol. The third-order valence-electron chi connectivity index (χ3n) is 2.29. The van der Waals surface area contributed by atoms with Crippen LogP contribution in [0.25, 0.3) is 0 Å². The van der Waals surface area contributed by atoms with Gasteiger partial charge in [0.1, 0.15) is 5.76 Å². The molecule has 0 unspecified atom stereocenters. The van der Waals surface area contributed by atoms with Crippen molar-refractivity contribution in [1.82, 2.24) is 5.16 Å². The van der Waals surface area contributed by atoms with Crippen molar-refractivity contribution in [2.45, 2.75) is 31.7 Å². The van der Waals surface area contributed by atoms with Gasteiger partial charge in [0.2, 0.25) is 0 Å². The molecule has 0 bridgehead atoms. The normalized spacial score (nSPS) is 20.2. The molecule has 2 rings (SSSR count). The van der Waals surface area contributed by atoms with Gasteiger partial charge in [-0.05, 0) is 26.2 Å². The molecule has 1 aliphatic rings. The molecule has 1 aliphatic carbocycles. The smallest absolute Gasteiger partial charge is 0.136 e. The van der Waals surface area contributed by atoms with Crippen molar-refractivity contribution >= 4 is 0 Å². The fraction of sp³-hybridized carbons (Fsp3) is 0.625. The summed E-state index contributed by atoms with van der Waals surface area (Å²) in [6.07, 6.45) is 4.96. The molecule has 0 radical (unpaired) electrons. The SMILES string of the molecule is Cc1oncc1CC1(N)CC1. The van der Waals surface area contributed by atoms with E-state index in [2.05, 4.69) is 5.16 Å². The number of hydrogen-bond acceptors (Lipinski definition) is 3. The van der Waals surface area contributed by atoms with Gasteiger partial charge in [-0.25, -0.2) is 0 Å². The lowest BCUT2D eigenvalue weighted by molar-refractivity contribution is 0.395. The number of hydrogen-bond donors (Lipinski definition) is 1. The maximum atomic E-state index is 5.94. The third-order valence-corrected chi connectivity index (χ3v) is 2.29. The highest BCUT2D eigenvalue weighted by Crippen LogP contribution is 2.36. The van der Waals surface area contributed by atoms with Crippen LogP contribution in [0, 0.1) is 6.92 Å². The van der Waals surface area contributed by atoms with Crippen molar-refractivity contribution in [1.29, 1.82) is 0 Å². The van der Waals surface area contributed by atoms with Crippen LogP contribution in [0.3, 0.4) is 0 Å². The summed E-state index contributed by atoms with van der Waals surface area (Å²) in [4.78, 5) is 0. The van der Waals surface area contributed by atoms with E-state index in [4.69, 9.17) is 10.3 Å². The monoisotopic (exact) mass is 152 g/mol. The molecule has 0 saturated heterocycles. The highest BCUT2D eigenvalue weighted by atomic mass is 16.5. The Kier molecular flexibility index (Phi) is 1.29. The first-order chi connectivity index (χ1) is 5.20. The Morgan fingerprint density at radius 3 is 2.91 bits per heavy atom. The number of nitrogens with zero attached hydrogens (tertiary/aromatic N) is 1. The van der Waals surface area contributed by atoms with E-state index < -0.39 is 0 Å². The Labute approximate surface area is 65.6 Å². The van der Waals surface area contributed by atoms with Gasteiger partial charge < -0.3 is 10.3 Å². The van der Waals surface area contributed by atoms with Crippen LogP contribution in [-0.2, 0) is 6.42 Å². The number of rotatable bonds is 2. The maximum Gasteiger partial charge on any atom is 0.136 e. The van der Waals surface area contributed by atoms with Gasteiger partial charge >= 0.3 is 0 Å². The highest BCUT2D eigenvalue weighted by molar-refractivity contribution is 5.19. The Morgan fingerprint density at radius 1 is 1.73 bits per heavy atom. The lowest BCUT2D eigenvalue weighted by atomic mass is 10.1. The third kappa shape index (κ3) is 1.28. The Hall–Kier alpha value is -0.830. The molecule has 0 amide bonds. The van der Waals surface area contributed by atoms with Gasteiger partial charge in [0, 0.05) is 11.1 Å². The molecule has 60 valence electrons. The first-order valence-corrected chi connectivity index (χ1v) is 3.89.